The van der Waals surface area contributed by atoms with Crippen molar-refractivity contribution in [1.29, 1.82) is 0 Å². The van der Waals surface area contributed by atoms with E-state index in [1.165, 1.54) is 0 Å². The molecule has 2 heterocycles. The fourth-order valence-electron chi connectivity index (χ4n) is 1.57. The van der Waals surface area contributed by atoms with Gasteiger partial charge in [-0.3, -0.25) is 4.68 Å². The zero-order chi connectivity index (χ0) is 11.9. The van der Waals surface area contributed by atoms with Crippen molar-refractivity contribution in [2.45, 2.75) is 33.0 Å². The maximum Gasteiger partial charge on any atom is 0.140 e. The third-order valence-corrected chi connectivity index (χ3v) is 2.40. The summed E-state index contributed by atoms with van der Waals surface area (Å²) in [7, 11) is 0. The van der Waals surface area contributed by atoms with Gasteiger partial charge < -0.3 is 5.32 Å². The van der Waals surface area contributed by atoms with Crippen LogP contribution in [0.5, 0.6) is 0 Å². The van der Waals surface area contributed by atoms with Crippen LogP contribution in [-0.2, 0) is 19.6 Å². The molecule has 0 aliphatic rings. The van der Waals surface area contributed by atoms with Gasteiger partial charge in [0.15, 0.2) is 0 Å². The molecular formula is C10H17N7. The molecule has 0 radical (unpaired) electrons. The van der Waals surface area contributed by atoms with Gasteiger partial charge in [0, 0.05) is 19.3 Å². The largest absolute Gasteiger partial charge is 0.308 e. The number of rotatable bonds is 7. The molecule has 0 fully saturated rings. The van der Waals surface area contributed by atoms with Gasteiger partial charge in [-0.2, -0.15) is 5.10 Å². The van der Waals surface area contributed by atoms with Crippen molar-refractivity contribution >= 4 is 0 Å². The molecule has 0 bridgehead atoms. The monoisotopic (exact) mass is 235 g/mol. The summed E-state index contributed by atoms with van der Waals surface area (Å²) in [5.74, 6) is 0.977. The molecule has 0 saturated carbocycles. The zero-order valence-corrected chi connectivity index (χ0v) is 9.95. The van der Waals surface area contributed by atoms with Crippen molar-refractivity contribution < 1.29 is 0 Å². The summed E-state index contributed by atoms with van der Waals surface area (Å²) < 4.78 is 3.73. The fourth-order valence-corrected chi connectivity index (χ4v) is 1.57. The summed E-state index contributed by atoms with van der Waals surface area (Å²) in [5, 5.41) is 15.1. The van der Waals surface area contributed by atoms with Gasteiger partial charge >= 0.3 is 0 Å². The Bertz CT molecular complexity index is 420. The molecule has 1 N–H and O–H groups in total. The Kier molecular flexibility index (Phi) is 4.20. The van der Waals surface area contributed by atoms with Gasteiger partial charge in [0.2, 0.25) is 0 Å². The van der Waals surface area contributed by atoms with E-state index in [1.54, 1.807) is 17.2 Å². The molecule has 0 aromatic carbocycles. The molecule has 2 rings (SSSR count). The molecule has 17 heavy (non-hydrogen) atoms. The second-order valence-electron chi connectivity index (χ2n) is 3.74. The Morgan fingerprint density at radius 3 is 3.06 bits per heavy atom. The molecule has 7 heteroatoms. The maximum absolute atomic E-state index is 4.22. The highest BCUT2D eigenvalue weighted by molar-refractivity contribution is 4.83. The van der Waals surface area contributed by atoms with Crippen molar-refractivity contribution in [3.8, 4) is 0 Å². The van der Waals surface area contributed by atoms with Gasteiger partial charge in [0.05, 0.1) is 19.3 Å². The Morgan fingerprint density at radius 2 is 2.29 bits per heavy atom. The summed E-state index contributed by atoms with van der Waals surface area (Å²) in [6, 6.07) is 0. The minimum absolute atomic E-state index is 0.731. The Morgan fingerprint density at radius 1 is 1.35 bits per heavy atom. The summed E-state index contributed by atoms with van der Waals surface area (Å²) in [6.07, 6.45) is 6.19. The summed E-state index contributed by atoms with van der Waals surface area (Å²) >= 11 is 0. The third-order valence-electron chi connectivity index (χ3n) is 2.40. The number of nitrogens with zero attached hydrogens (tertiary/aromatic N) is 6. The number of aromatic nitrogens is 6. The minimum Gasteiger partial charge on any atom is -0.308 e. The van der Waals surface area contributed by atoms with Crippen molar-refractivity contribution in [1.82, 2.24) is 35.1 Å². The number of nitrogens with one attached hydrogen (secondary N) is 1. The van der Waals surface area contributed by atoms with Gasteiger partial charge in [0.1, 0.15) is 12.2 Å². The number of hydrogen-bond donors (Lipinski definition) is 1. The van der Waals surface area contributed by atoms with Crippen LogP contribution in [-0.4, -0.2) is 36.3 Å². The molecule has 0 unspecified atom stereocenters. The lowest BCUT2D eigenvalue weighted by molar-refractivity contribution is 0.508. The minimum atomic E-state index is 0.731. The van der Waals surface area contributed by atoms with E-state index in [9.17, 15) is 0 Å². The smallest absolute Gasteiger partial charge is 0.140 e. The van der Waals surface area contributed by atoms with E-state index < -0.39 is 0 Å². The van der Waals surface area contributed by atoms with Crippen LogP contribution in [0.25, 0.3) is 0 Å². The first-order valence-corrected chi connectivity index (χ1v) is 5.81. The van der Waals surface area contributed by atoms with Crippen molar-refractivity contribution in [2.75, 3.05) is 6.54 Å². The molecule has 0 aliphatic carbocycles. The van der Waals surface area contributed by atoms with Gasteiger partial charge in [0.25, 0.3) is 0 Å². The number of aryl methyl sites for hydroxylation is 1. The second kappa shape index (κ2) is 6.09. The second-order valence-corrected chi connectivity index (χ2v) is 3.74. The molecular weight excluding hydrogens is 218 g/mol. The van der Waals surface area contributed by atoms with E-state index in [2.05, 4.69) is 32.6 Å². The van der Waals surface area contributed by atoms with Crippen molar-refractivity contribution in [3.05, 3.63) is 24.5 Å². The van der Waals surface area contributed by atoms with Crippen LogP contribution in [0.1, 0.15) is 19.2 Å². The molecule has 92 valence electrons. The topological polar surface area (TPSA) is 73.5 Å². The average Bonchev–Trinajstić information content (AvgIpc) is 2.96. The molecule has 0 amide bonds. The molecule has 0 atom stereocenters. The van der Waals surface area contributed by atoms with Crippen LogP contribution in [0.3, 0.4) is 0 Å². The van der Waals surface area contributed by atoms with E-state index in [4.69, 9.17) is 0 Å². The standard InChI is InChI=1S/C10H17N7/c1-2-5-17-10(12-9-14-17)8-11-3-6-16-7-4-13-15-16/h4,7,9,11H,2-3,5-6,8H2,1H3. The predicted molar refractivity (Wildman–Crippen MR) is 62.0 cm³/mol. The van der Waals surface area contributed by atoms with E-state index in [0.717, 1.165) is 38.4 Å². The Hall–Kier alpha value is -1.76. The first kappa shape index (κ1) is 11.7. The fraction of sp³-hybridized carbons (Fsp3) is 0.600. The van der Waals surface area contributed by atoms with Crippen LogP contribution in [0.15, 0.2) is 18.7 Å². The lowest BCUT2D eigenvalue weighted by Crippen LogP contribution is -2.22. The lowest BCUT2D eigenvalue weighted by atomic mass is 10.4. The predicted octanol–water partition coefficient (Wildman–Crippen LogP) is 0.0694. The van der Waals surface area contributed by atoms with E-state index in [0.29, 0.717) is 0 Å². The molecule has 0 saturated heterocycles. The summed E-state index contributed by atoms with van der Waals surface area (Å²) in [4.78, 5) is 4.22. The quantitative estimate of drug-likeness (QED) is 0.687. The Balaban J connectivity index is 1.72. The first-order chi connectivity index (χ1) is 8.40. The van der Waals surface area contributed by atoms with Gasteiger partial charge in [-0.15, -0.1) is 5.10 Å². The van der Waals surface area contributed by atoms with Gasteiger partial charge in [-0.05, 0) is 6.42 Å². The first-order valence-electron chi connectivity index (χ1n) is 5.81. The lowest BCUT2D eigenvalue weighted by Gasteiger charge is -2.06. The van der Waals surface area contributed by atoms with Gasteiger partial charge in [-0.1, -0.05) is 12.1 Å². The molecule has 0 aliphatic heterocycles. The van der Waals surface area contributed by atoms with Crippen LogP contribution in [0.2, 0.25) is 0 Å². The average molecular weight is 235 g/mol. The molecule has 2 aromatic heterocycles. The normalized spacial score (nSPS) is 10.9. The van der Waals surface area contributed by atoms with Crippen LogP contribution in [0.4, 0.5) is 0 Å². The van der Waals surface area contributed by atoms with E-state index >= 15 is 0 Å². The van der Waals surface area contributed by atoms with Gasteiger partial charge in [-0.25, -0.2) is 9.67 Å². The van der Waals surface area contributed by atoms with Crippen molar-refractivity contribution in [3.63, 3.8) is 0 Å². The highest BCUT2D eigenvalue weighted by atomic mass is 15.4. The summed E-state index contributed by atoms with van der Waals surface area (Å²) in [6.45, 7) is 5.42. The van der Waals surface area contributed by atoms with Crippen LogP contribution >= 0.6 is 0 Å². The number of hydrogen-bond acceptors (Lipinski definition) is 5. The molecule has 2 aromatic rings. The highest BCUT2D eigenvalue weighted by Gasteiger charge is 2.02. The summed E-state index contributed by atoms with van der Waals surface area (Å²) in [5.41, 5.74) is 0. The molecule has 7 nitrogen and oxygen atoms in total. The maximum atomic E-state index is 4.22. The zero-order valence-electron chi connectivity index (χ0n) is 9.95. The third kappa shape index (κ3) is 3.35. The van der Waals surface area contributed by atoms with Crippen molar-refractivity contribution in [2.24, 2.45) is 0 Å². The SMILES string of the molecule is CCCn1ncnc1CNCCn1ccnn1. The van der Waals surface area contributed by atoms with E-state index in [1.807, 2.05) is 10.9 Å². The highest BCUT2D eigenvalue weighted by Crippen LogP contribution is 1.95. The van der Waals surface area contributed by atoms with E-state index in [-0.39, 0.29) is 0 Å². The van der Waals surface area contributed by atoms with Crippen LogP contribution < -0.4 is 5.32 Å². The Labute approximate surface area is 99.9 Å². The molecule has 0 spiro atoms. The van der Waals surface area contributed by atoms with Crippen LogP contribution in [0, 0.1) is 0 Å².